The molecule has 164 valence electrons. The number of hydrogen-bond acceptors (Lipinski definition) is 4. The predicted molar refractivity (Wildman–Crippen MR) is 109 cm³/mol. The number of guanidine groups is 1. The summed E-state index contributed by atoms with van der Waals surface area (Å²) in [6, 6.07) is 5.42. The number of aryl methyl sites for hydroxylation is 1. The first-order valence-electron chi connectivity index (χ1n) is 10.1. The third kappa shape index (κ3) is 5.71. The maximum Gasteiger partial charge on any atom is 0.416 e. The fourth-order valence-electron chi connectivity index (χ4n) is 3.54. The summed E-state index contributed by atoms with van der Waals surface area (Å²) in [5.74, 6) is 1.82. The molecule has 7 nitrogen and oxygen atoms in total. The molecule has 2 aromatic rings. The Labute approximate surface area is 174 Å². The molecule has 3 rings (SSSR count). The Morgan fingerprint density at radius 2 is 1.83 bits per heavy atom. The average molecular weight is 423 g/mol. The number of halogens is 3. The molecule has 0 radical (unpaired) electrons. The van der Waals surface area contributed by atoms with Crippen molar-refractivity contribution in [2.24, 2.45) is 4.99 Å². The lowest BCUT2D eigenvalue weighted by Crippen LogP contribution is -2.52. The van der Waals surface area contributed by atoms with E-state index < -0.39 is 11.7 Å². The third-order valence-corrected chi connectivity index (χ3v) is 5.22. The van der Waals surface area contributed by atoms with Gasteiger partial charge in [-0.3, -0.25) is 9.89 Å². The predicted octanol–water partition coefficient (Wildman–Crippen LogP) is 2.25. The normalized spacial score (nSPS) is 16.2. The van der Waals surface area contributed by atoms with E-state index in [0.29, 0.717) is 6.54 Å². The van der Waals surface area contributed by atoms with E-state index in [9.17, 15) is 13.2 Å². The summed E-state index contributed by atoms with van der Waals surface area (Å²) in [4.78, 5) is 8.83. The van der Waals surface area contributed by atoms with Gasteiger partial charge < -0.3 is 14.8 Å². The van der Waals surface area contributed by atoms with E-state index in [0.717, 1.165) is 75.2 Å². The highest BCUT2D eigenvalue weighted by atomic mass is 19.4. The molecule has 0 atom stereocenters. The highest BCUT2D eigenvalue weighted by Crippen LogP contribution is 2.29. The lowest BCUT2D eigenvalue weighted by atomic mass is 10.1. The zero-order valence-corrected chi connectivity index (χ0v) is 17.4. The van der Waals surface area contributed by atoms with E-state index in [1.807, 2.05) is 4.57 Å². The van der Waals surface area contributed by atoms with Crippen molar-refractivity contribution in [3.05, 3.63) is 47.5 Å². The Hall–Kier alpha value is -2.62. The van der Waals surface area contributed by atoms with Crippen LogP contribution in [0, 0.1) is 0 Å². The van der Waals surface area contributed by atoms with Gasteiger partial charge in [-0.1, -0.05) is 19.1 Å². The number of piperazine rings is 1. The van der Waals surface area contributed by atoms with Crippen molar-refractivity contribution in [1.82, 2.24) is 29.9 Å². The van der Waals surface area contributed by atoms with Crippen LogP contribution in [0.5, 0.6) is 0 Å². The maximum absolute atomic E-state index is 12.7. The van der Waals surface area contributed by atoms with E-state index in [2.05, 4.69) is 37.2 Å². The minimum absolute atomic E-state index is 0.608. The fourth-order valence-corrected chi connectivity index (χ4v) is 3.54. The molecule has 0 unspecified atom stereocenters. The molecule has 0 aliphatic carbocycles. The number of rotatable bonds is 6. The van der Waals surface area contributed by atoms with E-state index in [-0.39, 0.29) is 0 Å². The van der Waals surface area contributed by atoms with Gasteiger partial charge in [0.25, 0.3) is 0 Å². The van der Waals surface area contributed by atoms with Crippen molar-refractivity contribution in [2.45, 2.75) is 32.6 Å². The lowest BCUT2D eigenvalue weighted by Gasteiger charge is -2.36. The van der Waals surface area contributed by atoms with Gasteiger partial charge in [0.2, 0.25) is 0 Å². The van der Waals surface area contributed by atoms with Gasteiger partial charge in [0.1, 0.15) is 12.2 Å². The number of nitrogens with zero attached hydrogens (tertiary/aromatic N) is 6. The second kappa shape index (κ2) is 9.92. The molecular formula is C20H28F3N7. The number of alkyl halides is 3. The van der Waals surface area contributed by atoms with E-state index in [1.165, 1.54) is 0 Å². The van der Waals surface area contributed by atoms with Gasteiger partial charge in [0.05, 0.1) is 5.56 Å². The largest absolute Gasteiger partial charge is 0.416 e. The summed E-state index contributed by atoms with van der Waals surface area (Å²) in [5, 5.41) is 11.4. The molecule has 1 saturated heterocycles. The van der Waals surface area contributed by atoms with Crippen LogP contribution in [-0.4, -0.2) is 70.3 Å². The quantitative estimate of drug-likeness (QED) is 0.571. The molecule has 1 aliphatic rings. The molecule has 0 amide bonds. The van der Waals surface area contributed by atoms with E-state index in [4.69, 9.17) is 0 Å². The Balaban J connectivity index is 1.44. The van der Waals surface area contributed by atoms with E-state index >= 15 is 0 Å². The standard InChI is InChI=1S/C20H28F3N7/c1-3-18-27-26-15-30(18)9-8-25-19(24-2)29-12-10-28(11-13-29)14-16-4-6-17(7-5-16)20(21,22)23/h4-7,15H,3,8-14H2,1-2H3,(H,24,25). The number of hydrogen-bond donors (Lipinski definition) is 1. The van der Waals surface area contributed by atoms with Crippen molar-refractivity contribution in [1.29, 1.82) is 0 Å². The summed E-state index contributed by atoms with van der Waals surface area (Å²) in [6.07, 6.45) is -1.71. The van der Waals surface area contributed by atoms with Crippen molar-refractivity contribution in [2.75, 3.05) is 39.8 Å². The van der Waals surface area contributed by atoms with Crippen molar-refractivity contribution in [3.63, 3.8) is 0 Å². The molecule has 1 aliphatic heterocycles. The number of aromatic nitrogens is 3. The Bertz CT molecular complexity index is 822. The van der Waals surface area contributed by atoms with Gasteiger partial charge >= 0.3 is 6.18 Å². The molecule has 1 fully saturated rings. The molecular weight excluding hydrogens is 395 g/mol. The molecule has 10 heteroatoms. The summed E-state index contributed by atoms with van der Waals surface area (Å²) in [6.45, 7) is 7.47. The summed E-state index contributed by atoms with van der Waals surface area (Å²) in [5.41, 5.74) is 0.281. The van der Waals surface area contributed by atoms with Crippen LogP contribution in [0.2, 0.25) is 0 Å². The second-order valence-electron chi connectivity index (χ2n) is 7.23. The zero-order valence-electron chi connectivity index (χ0n) is 17.4. The topological polar surface area (TPSA) is 61.6 Å². The molecule has 1 N–H and O–H groups in total. The molecule has 0 spiro atoms. The first kappa shape index (κ1) is 22.1. The average Bonchev–Trinajstić information content (AvgIpc) is 3.19. The SMILES string of the molecule is CCc1nncn1CCNC(=NC)N1CCN(Cc2ccc(C(F)(F)F)cc2)CC1. The molecule has 0 saturated carbocycles. The fraction of sp³-hybridized carbons (Fsp3) is 0.550. The zero-order chi connectivity index (χ0) is 21.6. The maximum atomic E-state index is 12.7. The van der Waals surface area contributed by atoms with Gasteiger partial charge in [-0.05, 0) is 17.7 Å². The van der Waals surface area contributed by atoms with Gasteiger partial charge in [-0.25, -0.2) is 0 Å². The molecule has 2 heterocycles. The third-order valence-electron chi connectivity index (χ3n) is 5.22. The Morgan fingerprint density at radius 3 is 2.43 bits per heavy atom. The lowest BCUT2D eigenvalue weighted by molar-refractivity contribution is -0.137. The smallest absolute Gasteiger partial charge is 0.354 e. The highest BCUT2D eigenvalue weighted by molar-refractivity contribution is 5.79. The van der Waals surface area contributed by atoms with Gasteiger partial charge in [0, 0.05) is 59.3 Å². The monoisotopic (exact) mass is 423 g/mol. The number of aliphatic imine (C=N–C) groups is 1. The summed E-state index contributed by atoms with van der Waals surface area (Å²) < 4.78 is 40.1. The van der Waals surface area contributed by atoms with Crippen LogP contribution in [0.3, 0.4) is 0 Å². The van der Waals surface area contributed by atoms with Crippen LogP contribution < -0.4 is 5.32 Å². The molecule has 1 aromatic carbocycles. The Kier molecular flexibility index (Phi) is 7.30. The number of nitrogens with one attached hydrogen (secondary N) is 1. The molecule has 0 bridgehead atoms. The molecule has 1 aromatic heterocycles. The minimum atomic E-state index is -4.29. The summed E-state index contributed by atoms with van der Waals surface area (Å²) >= 11 is 0. The number of benzene rings is 1. The van der Waals surface area contributed by atoms with Crippen molar-refractivity contribution < 1.29 is 13.2 Å². The van der Waals surface area contributed by atoms with Crippen LogP contribution in [0.1, 0.15) is 23.9 Å². The first-order chi connectivity index (χ1) is 14.4. The second-order valence-corrected chi connectivity index (χ2v) is 7.23. The minimum Gasteiger partial charge on any atom is -0.354 e. The van der Waals surface area contributed by atoms with Crippen molar-refractivity contribution in [3.8, 4) is 0 Å². The van der Waals surface area contributed by atoms with Crippen LogP contribution in [0.25, 0.3) is 0 Å². The van der Waals surface area contributed by atoms with Crippen molar-refractivity contribution >= 4 is 5.96 Å². The van der Waals surface area contributed by atoms with E-state index in [1.54, 1.807) is 25.5 Å². The highest BCUT2D eigenvalue weighted by Gasteiger charge is 2.30. The van der Waals surface area contributed by atoms with Gasteiger partial charge in [-0.2, -0.15) is 13.2 Å². The first-order valence-corrected chi connectivity index (χ1v) is 10.1. The van der Waals surface area contributed by atoms with Gasteiger partial charge in [-0.15, -0.1) is 10.2 Å². The van der Waals surface area contributed by atoms with Gasteiger partial charge in [0.15, 0.2) is 5.96 Å². The molecule has 30 heavy (non-hydrogen) atoms. The van der Waals surface area contributed by atoms with Crippen LogP contribution in [-0.2, 0) is 25.7 Å². The summed E-state index contributed by atoms with van der Waals surface area (Å²) in [7, 11) is 1.77. The van der Waals surface area contributed by atoms with Crippen LogP contribution >= 0.6 is 0 Å². The van der Waals surface area contributed by atoms with Crippen LogP contribution in [0.4, 0.5) is 13.2 Å². The Morgan fingerprint density at radius 1 is 1.13 bits per heavy atom. The van der Waals surface area contributed by atoms with Crippen LogP contribution in [0.15, 0.2) is 35.6 Å².